The van der Waals surface area contributed by atoms with E-state index in [-0.39, 0.29) is 6.09 Å². The molecule has 0 bridgehead atoms. The van der Waals surface area contributed by atoms with Crippen molar-refractivity contribution in [1.29, 1.82) is 0 Å². The van der Waals surface area contributed by atoms with Crippen molar-refractivity contribution in [2.24, 2.45) is 0 Å². The van der Waals surface area contributed by atoms with Gasteiger partial charge in [-0.1, -0.05) is 78.9 Å². The maximum atomic E-state index is 12.5. The van der Waals surface area contributed by atoms with Gasteiger partial charge < -0.3 is 14.5 Å². The Balaban J connectivity index is 1.56. The molecule has 1 N–H and O–H groups in total. The van der Waals surface area contributed by atoms with Gasteiger partial charge in [0.05, 0.1) is 10.0 Å². The molecule has 0 aliphatic heterocycles. The minimum absolute atomic E-state index is 0.381. The van der Waals surface area contributed by atoms with Crippen LogP contribution >= 0.6 is 12.2 Å². The normalized spacial score (nSPS) is 14.8. The number of nitrogens with one attached hydrogen (secondary N) is 1. The van der Waals surface area contributed by atoms with Crippen molar-refractivity contribution in [2.45, 2.75) is 51.2 Å². The van der Waals surface area contributed by atoms with E-state index in [9.17, 15) is 4.79 Å². The summed E-state index contributed by atoms with van der Waals surface area (Å²) in [4.78, 5) is 12.5. The second-order valence-electron chi connectivity index (χ2n) is 10.1. The van der Waals surface area contributed by atoms with Crippen molar-refractivity contribution >= 4 is 29.3 Å². The third kappa shape index (κ3) is 4.61. The quantitative estimate of drug-likeness (QED) is 0.296. The van der Waals surface area contributed by atoms with Gasteiger partial charge in [0.1, 0.15) is 16.9 Å². The fourth-order valence-corrected chi connectivity index (χ4v) is 5.05. The van der Waals surface area contributed by atoms with Gasteiger partial charge in [-0.25, -0.2) is 4.79 Å². The molecule has 35 heavy (non-hydrogen) atoms. The summed E-state index contributed by atoms with van der Waals surface area (Å²) >= 11 is 5.98. The third-order valence-electron chi connectivity index (χ3n) is 6.51. The molecule has 0 saturated heterocycles. The fourth-order valence-electron chi connectivity index (χ4n) is 4.67. The van der Waals surface area contributed by atoms with Crippen LogP contribution in [0.25, 0.3) is 33.4 Å². The lowest BCUT2D eigenvalue weighted by molar-refractivity contribution is 0.0377. The van der Waals surface area contributed by atoms with E-state index in [1.54, 1.807) is 0 Å². The summed E-state index contributed by atoms with van der Waals surface area (Å²) in [5.41, 5.74) is 3.78. The van der Waals surface area contributed by atoms with Gasteiger partial charge in [0, 0.05) is 16.5 Å². The smallest absolute Gasteiger partial charge is 0.408 e. The zero-order valence-electron chi connectivity index (χ0n) is 20.3. The van der Waals surface area contributed by atoms with E-state index in [1.165, 1.54) is 0 Å². The summed E-state index contributed by atoms with van der Waals surface area (Å²) < 4.78 is 12.7. The van der Waals surface area contributed by atoms with Gasteiger partial charge in [0.2, 0.25) is 0 Å². The molecule has 1 heterocycles. The predicted octanol–water partition coefficient (Wildman–Crippen LogP) is 8.40. The number of amides is 1. The first-order valence-corrected chi connectivity index (χ1v) is 12.4. The molecule has 1 aliphatic carbocycles. The average Bonchev–Trinajstić information content (AvgIpc) is 2.81. The van der Waals surface area contributed by atoms with Crippen LogP contribution in [0.1, 0.15) is 45.6 Å². The predicted molar refractivity (Wildman–Crippen MR) is 143 cm³/mol. The van der Waals surface area contributed by atoms with Gasteiger partial charge in [0.25, 0.3) is 0 Å². The number of rotatable bonds is 4. The number of benzene rings is 3. The van der Waals surface area contributed by atoms with Crippen LogP contribution in [0.15, 0.2) is 83.3 Å². The lowest BCUT2D eigenvalue weighted by Gasteiger charge is -2.43. The van der Waals surface area contributed by atoms with Crippen LogP contribution in [0.2, 0.25) is 0 Å². The average molecular weight is 484 g/mol. The monoisotopic (exact) mass is 483 g/mol. The Kier molecular flexibility index (Phi) is 5.97. The van der Waals surface area contributed by atoms with Gasteiger partial charge >= 0.3 is 6.09 Å². The van der Waals surface area contributed by atoms with Crippen LogP contribution in [0.5, 0.6) is 0 Å². The number of fused-ring (bicyclic) bond motifs is 1. The minimum atomic E-state index is -0.536. The van der Waals surface area contributed by atoms with Gasteiger partial charge in [-0.15, -0.1) is 0 Å². The molecule has 4 aromatic rings. The highest BCUT2D eigenvalue weighted by atomic mass is 32.1. The highest BCUT2D eigenvalue weighted by Gasteiger charge is 2.41. The maximum absolute atomic E-state index is 12.5. The molecule has 0 atom stereocenters. The van der Waals surface area contributed by atoms with E-state index in [4.69, 9.17) is 21.4 Å². The summed E-state index contributed by atoms with van der Waals surface area (Å²) in [6, 6.07) is 26.3. The molecule has 5 rings (SSSR count). The van der Waals surface area contributed by atoms with Crippen molar-refractivity contribution in [3.63, 3.8) is 0 Å². The third-order valence-corrected chi connectivity index (χ3v) is 6.93. The number of alkyl carbamates (subject to hydrolysis) is 1. The van der Waals surface area contributed by atoms with Crippen LogP contribution in [0, 0.1) is 4.51 Å². The molecule has 3 aromatic carbocycles. The molecule has 5 heteroatoms. The van der Waals surface area contributed by atoms with Gasteiger partial charge in [0.15, 0.2) is 0 Å². The molecule has 0 spiro atoms. The Morgan fingerprint density at radius 3 is 2.20 bits per heavy atom. The zero-order valence-corrected chi connectivity index (χ0v) is 21.1. The van der Waals surface area contributed by atoms with E-state index in [1.807, 2.05) is 75.4 Å². The molecular formula is C30H29NO3S. The first kappa shape index (κ1) is 23.3. The van der Waals surface area contributed by atoms with E-state index in [0.29, 0.717) is 0 Å². The van der Waals surface area contributed by atoms with Crippen LogP contribution in [-0.4, -0.2) is 11.7 Å². The molecular weight excluding hydrogens is 454 g/mol. The van der Waals surface area contributed by atoms with Crippen molar-refractivity contribution in [2.75, 3.05) is 0 Å². The summed E-state index contributed by atoms with van der Waals surface area (Å²) in [6.07, 6.45) is 2.46. The Labute approximate surface area is 210 Å². The summed E-state index contributed by atoms with van der Waals surface area (Å²) in [7, 11) is 0. The molecule has 1 fully saturated rings. The second kappa shape index (κ2) is 8.97. The standard InChI is InChI=1S/C30H29NO3S/c1-29(2,3)34-28(32)31-30(18-9-19-30)22-16-14-20(15-17-22)25-26(21-10-5-4-6-11-21)33-24-13-8-7-12-23(24)27(25)35/h4-8,10-17H,9,18-19H2,1-3H3,(H,31,32). The summed E-state index contributed by atoms with van der Waals surface area (Å²) in [5, 5.41) is 4.05. The Morgan fingerprint density at radius 1 is 0.914 bits per heavy atom. The van der Waals surface area contributed by atoms with E-state index < -0.39 is 11.1 Å². The van der Waals surface area contributed by atoms with Crippen molar-refractivity contribution in [3.8, 4) is 22.5 Å². The molecule has 1 aromatic heterocycles. The van der Waals surface area contributed by atoms with Crippen molar-refractivity contribution in [1.82, 2.24) is 5.32 Å². The molecule has 0 unspecified atom stereocenters. The zero-order chi connectivity index (χ0) is 24.6. The molecule has 1 saturated carbocycles. The van der Waals surface area contributed by atoms with Crippen molar-refractivity contribution < 1.29 is 13.9 Å². The topological polar surface area (TPSA) is 51.5 Å². The minimum Gasteiger partial charge on any atom is -0.455 e. The largest absolute Gasteiger partial charge is 0.455 e. The maximum Gasteiger partial charge on any atom is 0.408 e. The molecule has 4 nitrogen and oxygen atoms in total. The lowest BCUT2D eigenvalue weighted by Crippen LogP contribution is -2.52. The number of carbonyl (C=O) groups excluding carboxylic acids is 1. The number of para-hydroxylation sites is 1. The van der Waals surface area contributed by atoms with Gasteiger partial charge in [-0.2, -0.15) is 0 Å². The van der Waals surface area contributed by atoms with E-state index >= 15 is 0 Å². The van der Waals surface area contributed by atoms with Crippen molar-refractivity contribution in [3.05, 3.63) is 88.9 Å². The number of hydrogen-bond acceptors (Lipinski definition) is 4. The van der Waals surface area contributed by atoms with Crippen LogP contribution < -0.4 is 5.32 Å². The first-order valence-electron chi connectivity index (χ1n) is 12.0. The fraction of sp³-hybridized carbons (Fsp3) is 0.267. The number of carbonyl (C=O) groups is 1. The van der Waals surface area contributed by atoms with Crippen LogP contribution in [0.3, 0.4) is 0 Å². The molecule has 1 aliphatic rings. The highest BCUT2D eigenvalue weighted by molar-refractivity contribution is 7.71. The van der Waals surface area contributed by atoms with Gasteiger partial charge in [-0.05, 0) is 63.3 Å². The SMILES string of the molecule is CC(C)(C)OC(=O)NC1(c2ccc(-c3c(-c4ccccc4)oc4ccccc4c3=S)cc2)CCC1. The highest BCUT2D eigenvalue weighted by Crippen LogP contribution is 2.43. The van der Waals surface area contributed by atoms with E-state index in [2.05, 4.69) is 29.6 Å². The summed E-state index contributed by atoms with van der Waals surface area (Å²) in [5.74, 6) is 0.757. The molecule has 1 amide bonds. The number of hydrogen-bond donors (Lipinski definition) is 1. The molecule has 178 valence electrons. The Morgan fingerprint density at radius 2 is 1.57 bits per heavy atom. The van der Waals surface area contributed by atoms with Crippen LogP contribution in [0.4, 0.5) is 4.79 Å². The second-order valence-corrected chi connectivity index (χ2v) is 10.5. The Bertz CT molecular complexity index is 1430. The number of ether oxygens (including phenoxy) is 1. The molecule has 0 radical (unpaired) electrons. The van der Waals surface area contributed by atoms with Gasteiger partial charge in [-0.3, -0.25) is 0 Å². The Hall–Kier alpha value is -3.44. The van der Waals surface area contributed by atoms with E-state index in [0.717, 1.165) is 62.8 Å². The van der Waals surface area contributed by atoms with Crippen LogP contribution in [-0.2, 0) is 10.3 Å². The lowest BCUT2D eigenvalue weighted by atomic mass is 9.71. The first-order chi connectivity index (χ1) is 16.8. The summed E-state index contributed by atoms with van der Waals surface area (Å²) in [6.45, 7) is 5.63.